The van der Waals surface area contributed by atoms with Gasteiger partial charge in [-0.2, -0.15) is 0 Å². The summed E-state index contributed by atoms with van der Waals surface area (Å²) in [6.07, 6.45) is -0.380. The zero-order valence-corrected chi connectivity index (χ0v) is 9.36. The van der Waals surface area contributed by atoms with Gasteiger partial charge >= 0.3 is 5.97 Å². The molecule has 5 nitrogen and oxygen atoms in total. The fraction of sp³-hybridized carbons (Fsp3) is 0.900. The number of carbonyl (C=O) groups excluding carboxylic acids is 1. The number of morpholine rings is 1. The van der Waals surface area contributed by atoms with E-state index in [4.69, 9.17) is 9.47 Å². The third-order valence-corrected chi connectivity index (χ3v) is 2.26. The number of carbonyl (C=O) groups is 1. The van der Waals surface area contributed by atoms with Crippen molar-refractivity contribution in [3.8, 4) is 0 Å². The topological polar surface area (TPSA) is 60.2 Å². The molecule has 2 atom stereocenters. The van der Waals surface area contributed by atoms with Crippen molar-refractivity contribution in [1.82, 2.24) is 0 Å². The fourth-order valence-electron chi connectivity index (χ4n) is 1.52. The average molecular weight is 218 g/mol. The molecule has 0 radical (unpaired) electrons. The van der Waals surface area contributed by atoms with Crippen LogP contribution in [0.4, 0.5) is 0 Å². The van der Waals surface area contributed by atoms with Crippen molar-refractivity contribution >= 4 is 5.97 Å². The molecule has 0 bridgehead atoms. The number of nitrogens with one attached hydrogen (secondary N) is 1. The normalized spacial score (nSPS) is 24.0. The third kappa shape index (κ3) is 5.11. The highest BCUT2D eigenvalue weighted by atomic mass is 16.5. The van der Waals surface area contributed by atoms with Crippen LogP contribution in [-0.4, -0.2) is 56.1 Å². The minimum atomic E-state index is -0.506. The van der Waals surface area contributed by atoms with E-state index in [2.05, 4.69) is 0 Å². The number of aliphatic hydroxyl groups excluding tert-OH is 1. The zero-order valence-electron chi connectivity index (χ0n) is 9.36. The second kappa shape index (κ2) is 6.05. The van der Waals surface area contributed by atoms with E-state index in [9.17, 15) is 9.90 Å². The summed E-state index contributed by atoms with van der Waals surface area (Å²) >= 11 is 0. The first-order valence-corrected chi connectivity index (χ1v) is 5.36. The Morgan fingerprint density at radius 3 is 2.93 bits per heavy atom. The molecule has 1 saturated heterocycles. The van der Waals surface area contributed by atoms with Crippen molar-refractivity contribution in [2.24, 2.45) is 0 Å². The maximum atomic E-state index is 11.0. The summed E-state index contributed by atoms with van der Waals surface area (Å²) < 4.78 is 10.1. The summed E-state index contributed by atoms with van der Waals surface area (Å²) in [6, 6.07) is 0. The Labute approximate surface area is 90.0 Å². The van der Waals surface area contributed by atoms with E-state index in [1.807, 2.05) is 13.8 Å². The second-order valence-electron chi connectivity index (χ2n) is 4.14. The van der Waals surface area contributed by atoms with Crippen molar-refractivity contribution < 1.29 is 24.3 Å². The van der Waals surface area contributed by atoms with E-state index in [0.717, 1.165) is 11.4 Å². The molecule has 88 valence electrons. The number of rotatable bonds is 5. The lowest BCUT2D eigenvalue weighted by Crippen LogP contribution is -3.15. The molecule has 0 aromatic carbocycles. The summed E-state index contributed by atoms with van der Waals surface area (Å²) in [6.45, 7) is 6.29. The molecule has 1 rings (SSSR count). The maximum absolute atomic E-state index is 11.0. The Morgan fingerprint density at radius 1 is 1.60 bits per heavy atom. The number of esters is 1. The van der Waals surface area contributed by atoms with Crippen LogP contribution >= 0.6 is 0 Å². The van der Waals surface area contributed by atoms with E-state index in [-0.39, 0.29) is 12.1 Å². The largest absolute Gasteiger partial charge is 0.456 e. The first-order valence-electron chi connectivity index (χ1n) is 5.36. The molecule has 1 aliphatic rings. The van der Waals surface area contributed by atoms with Crippen molar-refractivity contribution in [3.05, 3.63) is 0 Å². The van der Waals surface area contributed by atoms with Gasteiger partial charge in [-0.3, -0.25) is 0 Å². The number of ether oxygens (including phenoxy) is 2. The van der Waals surface area contributed by atoms with E-state index in [1.54, 1.807) is 0 Å². The van der Waals surface area contributed by atoms with E-state index in [1.165, 1.54) is 0 Å². The number of hydrogen-bond donors (Lipinski definition) is 2. The van der Waals surface area contributed by atoms with Crippen LogP contribution in [0, 0.1) is 0 Å². The summed E-state index contributed by atoms with van der Waals surface area (Å²) in [7, 11) is 0. The molecule has 0 amide bonds. The molecule has 0 aromatic rings. The van der Waals surface area contributed by atoms with E-state index in [0.29, 0.717) is 26.3 Å². The number of hydrogen-bond acceptors (Lipinski definition) is 4. The predicted molar refractivity (Wildman–Crippen MR) is 53.6 cm³/mol. The van der Waals surface area contributed by atoms with Gasteiger partial charge in [0.2, 0.25) is 0 Å². The molecule has 0 aromatic heterocycles. The Bertz CT molecular complexity index is 208. The molecule has 0 aliphatic carbocycles. The van der Waals surface area contributed by atoms with Gasteiger partial charge in [-0.05, 0) is 13.8 Å². The van der Waals surface area contributed by atoms with Crippen LogP contribution in [-0.2, 0) is 14.3 Å². The second-order valence-corrected chi connectivity index (χ2v) is 4.14. The Hall–Kier alpha value is -0.650. The zero-order chi connectivity index (χ0) is 11.3. The first kappa shape index (κ1) is 12.4. The van der Waals surface area contributed by atoms with Gasteiger partial charge < -0.3 is 19.5 Å². The molecular weight excluding hydrogens is 198 g/mol. The van der Waals surface area contributed by atoms with Crippen LogP contribution in [0.1, 0.15) is 13.8 Å². The lowest BCUT2D eigenvalue weighted by molar-refractivity contribution is -0.900. The van der Waals surface area contributed by atoms with Crippen molar-refractivity contribution in [2.45, 2.75) is 26.1 Å². The molecule has 1 fully saturated rings. The van der Waals surface area contributed by atoms with Crippen LogP contribution in [0.3, 0.4) is 0 Å². The van der Waals surface area contributed by atoms with Crippen molar-refractivity contribution in [3.63, 3.8) is 0 Å². The quantitative estimate of drug-likeness (QED) is 0.535. The number of cyclic esters (lactones) is 1. The molecule has 2 N–H and O–H groups in total. The van der Waals surface area contributed by atoms with Crippen molar-refractivity contribution in [2.75, 3.05) is 32.8 Å². The van der Waals surface area contributed by atoms with Gasteiger partial charge in [-0.1, -0.05) is 0 Å². The van der Waals surface area contributed by atoms with E-state index < -0.39 is 6.10 Å². The summed E-state index contributed by atoms with van der Waals surface area (Å²) in [5.74, 6) is -0.187. The highest BCUT2D eigenvalue weighted by Crippen LogP contribution is 1.90. The Balaban J connectivity index is 2.18. The fourth-order valence-corrected chi connectivity index (χ4v) is 1.52. The summed E-state index contributed by atoms with van der Waals surface area (Å²) in [5.41, 5.74) is 0. The molecule has 0 saturated carbocycles. The highest BCUT2D eigenvalue weighted by Gasteiger charge is 2.23. The third-order valence-electron chi connectivity index (χ3n) is 2.26. The molecule has 0 spiro atoms. The van der Waals surface area contributed by atoms with Crippen LogP contribution in [0.2, 0.25) is 0 Å². The summed E-state index contributed by atoms with van der Waals surface area (Å²) in [5, 5.41) is 9.64. The minimum absolute atomic E-state index is 0.126. The number of quaternary nitrogens is 1. The molecule has 2 unspecified atom stereocenters. The SMILES string of the molecule is CC(C)OCC(O)C[NH+]1CCOC(=O)C1. The average Bonchev–Trinajstić information content (AvgIpc) is 2.15. The minimum Gasteiger partial charge on any atom is -0.456 e. The van der Waals surface area contributed by atoms with Crippen LogP contribution in [0.5, 0.6) is 0 Å². The molecular formula is C10H20NO4+. The summed E-state index contributed by atoms with van der Waals surface area (Å²) in [4.78, 5) is 12.0. The van der Waals surface area contributed by atoms with Gasteiger partial charge in [0.1, 0.15) is 25.8 Å². The van der Waals surface area contributed by atoms with Gasteiger partial charge in [-0.25, -0.2) is 4.79 Å². The lowest BCUT2D eigenvalue weighted by Gasteiger charge is -2.25. The van der Waals surface area contributed by atoms with Gasteiger partial charge in [0.15, 0.2) is 6.54 Å². The molecule has 15 heavy (non-hydrogen) atoms. The number of aliphatic hydroxyl groups is 1. The Kier molecular flexibility index (Phi) is 5.01. The predicted octanol–water partition coefficient (Wildman–Crippen LogP) is -1.79. The lowest BCUT2D eigenvalue weighted by atomic mass is 10.3. The molecule has 5 heteroatoms. The maximum Gasteiger partial charge on any atom is 0.361 e. The Morgan fingerprint density at radius 2 is 2.33 bits per heavy atom. The first-order chi connectivity index (χ1) is 7.08. The van der Waals surface area contributed by atoms with Crippen molar-refractivity contribution in [1.29, 1.82) is 0 Å². The van der Waals surface area contributed by atoms with Crippen LogP contribution in [0.25, 0.3) is 0 Å². The van der Waals surface area contributed by atoms with E-state index >= 15 is 0 Å². The van der Waals surface area contributed by atoms with Crippen LogP contribution in [0.15, 0.2) is 0 Å². The molecule has 1 aliphatic heterocycles. The van der Waals surface area contributed by atoms with Gasteiger partial charge in [-0.15, -0.1) is 0 Å². The van der Waals surface area contributed by atoms with Gasteiger partial charge in [0, 0.05) is 0 Å². The smallest absolute Gasteiger partial charge is 0.361 e. The monoisotopic (exact) mass is 218 g/mol. The standard InChI is InChI=1S/C10H19NO4/c1-8(2)15-7-9(12)5-11-3-4-14-10(13)6-11/h8-9,12H,3-7H2,1-2H3/p+1. The van der Waals surface area contributed by atoms with Crippen LogP contribution < -0.4 is 4.90 Å². The highest BCUT2D eigenvalue weighted by molar-refractivity contribution is 5.70. The molecule has 1 heterocycles. The van der Waals surface area contributed by atoms with Gasteiger partial charge in [0.05, 0.1) is 12.7 Å². The van der Waals surface area contributed by atoms with Gasteiger partial charge in [0.25, 0.3) is 0 Å².